The van der Waals surface area contributed by atoms with Crippen LogP contribution in [-0.4, -0.2) is 34.5 Å². The second-order valence-corrected chi connectivity index (χ2v) is 7.16. The summed E-state index contributed by atoms with van der Waals surface area (Å²) in [7, 11) is 0. The number of aromatic nitrogens is 2. The highest BCUT2D eigenvalue weighted by Crippen LogP contribution is 2.24. The van der Waals surface area contributed by atoms with Crippen molar-refractivity contribution in [1.82, 2.24) is 14.9 Å². The van der Waals surface area contributed by atoms with Gasteiger partial charge in [-0.2, -0.15) is 0 Å². The third-order valence-corrected chi connectivity index (χ3v) is 5.43. The van der Waals surface area contributed by atoms with Gasteiger partial charge in [-0.15, -0.1) is 11.3 Å². The fourth-order valence-corrected chi connectivity index (χ4v) is 4.07. The molecule has 1 aromatic carbocycles. The minimum atomic E-state index is 0.705. The van der Waals surface area contributed by atoms with Crippen LogP contribution in [0.4, 0.5) is 5.13 Å². The standard InChI is InChI=1S/C19H20N4S/c20-19-22-16-8-12-23(13-9-17(16)24-19)11-3-7-15-5-1-4-14-6-2-10-21-18(14)15/h1-7,10H,8-9,11-13H2,(H2,20,22)/b7-3+. The third-order valence-electron chi connectivity index (χ3n) is 4.44. The van der Waals surface area contributed by atoms with Gasteiger partial charge < -0.3 is 5.73 Å². The van der Waals surface area contributed by atoms with Crippen LogP contribution in [0.25, 0.3) is 17.0 Å². The highest BCUT2D eigenvalue weighted by Gasteiger charge is 2.16. The molecule has 0 radical (unpaired) electrons. The maximum absolute atomic E-state index is 5.81. The molecule has 122 valence electrons. The second-order valence-electron chi connectivity index (χ2n) is 6.05. The molecule has 5 heteroatoms. The van der Waals surface area contributed by atoms with Crippen LogP contribution in [0.15, 0.2) is 42.6 Å². The number of hydrogen-bond donors (Lipinski definition) is 1. The summed E-state index contributed by atoms with van der Waals surface area (Å²) in [6.45, 7) is 3.05. The molecule has 0 aliphatic carbocycles. The van der Waals surface area contributed by atoms with Crippen LogP contribution in [0.3, 0.4) is 0 Å². The third kappa shape index (κ3) is 3.18. The van der Waals surface area contributed by atoms with Crippen molar-refractivity contribution >= 4 is 33.4 Å². The first-order valence-electron chi connectivity index (χ1n) is 8.26. The number of benzene rings is 1. The van der Waals surface area contributed by atoms with E-state index in [9.17, 15) is 0 Å². The molecule has 3 heterocycles. The SMILES string of the molecule is Nc1nc2c(s1)CCN(C/C=C/c1cccc3cccnc13)CC2. The zero-order valence-electron chi connectivity index (χ0n) is 13.5. The van der Waals surface area contributed by atoms with Crippen LogP contribution >= 0.6 is 11.3 Å². The van der Waals surface area contributed by atoms with Crippen LogP contribution in [0.5, 0.6) is 0 Å². The largest absolute Gasteiger partial charge is 0.375 e. The lowest BCUT2D eigenvalue weighted by atomic mass is 10.1. The summed E-state index contributed by atoms with van der Waals surface area (Å²) in [5, 5.41) is 1.89. The lowest BCUT2D eigenvalue weighted by molar-refractivity contribution is 0.318. The fourth-order valence-electron chi connectivity index (χ4n) is 3.20. The van der Waals surface area contributed by atoms with E-state index in [-0.39, 0.29) is 0 Å². The molecule has 0 fully saturated rings. The van der Waals surface area contributed by atoms with E-state index in [1.165, 1.54) is 21.5 Å². The van der Waals surface area contributed by atoms with Gasteiger partial charge in [-0.3, -0.25) is 9.88 Å². The Kier molecular flexibility index (Phi) is 4.28. The van der Waals surface area contributed by atoms with Gasteiger partial charge in [-0.1, -0.05) is 36.4 Å². The van der Waals surface area contributed by atoms with E-state index in [0.717, 1.165) is 38.0 Å². The minimum absolute atomic E-state index is 0.705. The molecule has 1 aliphatic heterocycles. The number of nitrogens with zero attached hydrogens (tertiary/aromatic N) is 3. The van der Waals surface area contributed by atoms with E-state index in [4.69, 9.17) is 5.73 Å². The van der Waals surface area contributed by atoms with Crippen molar-refractivity contribution in [2.24, 2.45) is 0 Å². The molecular weight excluding hydrogens is 316 g/mol. The molecule has 0 bridgehead atoms. The predicted octanol–water partition coefficient (Wildman–Crippen LogP) is 3.39. The molecule has 4 rings (SSSR count). The van der Waals surface area contributed by atoms with Crippen LogP contribution in [0, 0.1) is 0 Å². The second kappa shape index (κ2) is 6.71. The number of nitrogen functional groups attached to an aromatic ring is 1. The zero-order chi connectivity index (χ0) is 16.4. The average Bonchev–Trinajstić information content (AvgIpc) is 2.86. The molecule has 0 saturated carbocycles. The monoisotopic (exact) mass is 336 g/mol. The van der Waals surface area contributed by atoms with Crippen molar-refractivity contribution in [2.75, 3.05) is 25.4 Å². The predicted molar refractivity (Wildman–Crippen MR) is 101 cm³/mol. The zero-order valence-corrected chi connectivity index (χ0v) is 14.3. The fraction of sp³-hybridized carbons (Fsp3) is 0.263. The smallest absolute Gasteiger partial charge is 0.180 e. The molecule has 24 heavy (non-hydrogen) atoms. The quantitative estimate of drug-likeness (QED) is 0.796. The normalized spacial score (nSPS) is 15.7. The summed E-state index contributed by atoms with van der Waals surface area (Å²) >= 11 is 1.64. The molecule has 2 N–H and O–H groups in total. The van der Waals surface area contributed by atoms with E-state index in [2.05, 4.69) is 51.3 Å². The molecular formula is C19H20N4S. The summed E-state index contributed by atoms with van der Waals surface area (Å²) in [6, 6.07) is 10.4. The summed E-state index contributed by atoms with van der Waals surface area (Å²) < 4.78 is 0. The van der Waals surface area contributed by atoms with Gasteiger partial charge in [0.05, 0.1) is 11.2 Å². The molecule has 4 nitrogen and oxygen atoms in total. The number of thiazole rings is 1. The Balaban J connectivity index is 1.43. The molecule has 3 aromatic rings. The Morgan fingerprint density at radius 1 is 1.17 bits per heavy atom. The molecule has 2 aromatic heterocycles. The van der Waals surface area contributed by atoms with Crippen LogP contribution in [0.2, 0.25) is 0 Å². The maximum Gasteiger partial charge on any atom is 0.180 e. The van der Waals surface area contributed by atoms with Crippen molar-refractivity contribution in [3.63, 3.8) is 0 Å². The number of pyridine rings is 1. The minimum Gasteiger partial charge on any atom is -0.375 e. The first-order valence-corrected chi connectivity index (χ1v) is 9.08. The number of hydrogen-bond acceptors (Lipinski definition) is 5. The van der Waals surface area contributed by atoms with Crippen molar-refractivity contribution in [3.8, 4) is 0 Å². The summed E-state index contributed by atoms with van der Waals surface area (Å²) in [5.74, 6) is 0. The average molecular weight is 336 g/mol. The van der Waals surface area contributed by atoms with Gasteiger partial charge in [0, 0.05) is 48.1 Å². The van der Waals surface area contributed by atoms with E-state index in [1.54, 1.807) is 11.3 Å². The Morgan fingerprint density at radius 2 is 2.04 bits per heavy atom. The highest BCUT2D eigenvalue weighted by molar-refractivity contribution is 7.15. The van der Waals surface area contributed by atoms with Crippen LogP contribution in [0.1, 0.15) is 16.1 Å². The van der Waals surface area contributed by atoms with Gasteiger partial charge in [0.1, 0.15) is 0 Å². The van der Waals surface area contributed by atoms with Crippen LogP contribution < -0.4 is 5.73 Å². The van der Waals surface area contributed by atoms with Gasteiger partial charge in [0.2, 0.25) is 0 Å². The summed E-state index contributed by atoms with van der Waals surface area (Å²) in [5.41, 5.74) is 9.25. The Morgan fingerprint density at radius 3 is 3.00 bits per heavy atom. The highest BCUT2D eigenvalue weighted by atomic mass is 32.1. The van der Waals surface area contributed by atoms with E-state index in [1.807, 2.05) is 12.3 Å². The number of fused-ring (bicyclic) bond motifs is 2. The molecule has 0 unspecified atom stereocenters. The first-order chi connectivity index (χ1) is 11.8. The Bertz CT molecular complexity index is 853. The van der Waals surface area contributed by atoms with Crippen molar-refractivity contribution < 1.29 is 0 Å². The van der Waals surface area contributed by atoms with Gasteiger partial charge in [-0.05, 0) is 12.5 Å². The van der Waals surface area contributed by atoms with Crippen molar-refractivity contribution in [2.45, 2.75) is 12.8 Å². The first kappa shape index (κ1) is 15.3. The number of para-hydroxylation sites is 1. The Hall–Kier alpha value is -2.24. The van der Waals surface area contributed by atoms with E-state index in [0.29, 0.717) is 5.13 Å². The number of nitrogens with two attached hydrogens (primary N) is 1. The van der Waals surface area contributed by atoms with Gasteiger partial charge in [-0.25, -0.2) is 4.98 Å². The molecule has 1 aliphatic rings. The maximum atomic E-state index is 5.81. The van der Waals surface area contributed by atoms with Gasteiger partial charge >= 0.3 is 0 Å². The van der Waals surface area contributed by atoms with E-state index < -0.39 is 0 Å². The van der Waals surface area contributed by atoms with Crippen LogP contribution in [-0.2, 0) is 12.8 Å². The number of anilines is 1. The summed E-state index contributed by atoms with van der Waals surface area (Å²) in [6.07, 6.45) is 8.32. The van der Waals surface area contributed by atoms with Gasteiger partial charge in [0.25, 0.3) is 0 Å². The molecule has 0 spiro atoms. The Labute approximate surface area is 145 Å². The van der Waals surface area contributed by atoms with Crippen molar-refractivity contribution in [3.05, 3.63) is 58.7 Å². The van der Waals surface area contributed by atoms with Crippen molar-refractivity contribution in [1.29, 1.82) is 0 Å². The molecule has 0 atom stereocenters. The molecule has 0 amide bonds. The number of rotatable bonds is 3. The lowest BCUT2D eigenvalue weighted by Crippen LogP contribution is -2.26. The lowest BCUT2D eigenvalue weighted by Gasteiger charge is -2.17. The van der Waals surface area contributed by atoms with Gasteiger partial charge in [0.15, 0.2) is 5.13 Å². The molecule has 0 saturated heterocycles. The topological polar surface area (TPSA) is 55.0 Å². The van der Waals surface area contributed by atoms with E-state index >= 15 is 0 Å². The summed E-state index contributed by atoms with van der Waals surface area (Å²) in [4.78, 5) is 12.8.